The number of nitrogens with one attached hydrogen (secondary N) is 2. The van der Waals surface area contributed by atoms with Crippen molar-refractivity contribution in [2.75, 3.05) is 33.4 Å². The van der Waals surface area contributed by atoms with Gasteiger partial charge >= 0.3 is 0 Å². The Kier molecular flexibility index (Phi) is 7.86. The summed E-state index contributed by atoms with van der Waals surface area (Å²) in [6.45, 7) is 2.99. The lowest BCUT2D eigenvalue weighted by molar-refractivity contribution is -0.123. The van der Waals surface area contributed by atoms with Crippen LogP contribution in [0.15, 0.2) is 29.2 Å². The van der Waals surface area contributed by atoms with E-state index in [4.69, 9.17) is 9.47 Å². The lowest BCUT2D eigenvalue weighted by Gasteiger charge is -2.09. The van der Waals surface area contributed by atoms with Crippen LogP contribution in [0.1, 0.15) is 13.3 Å². The summed E-state index contributed by atoms with van der Waals surface area (Å²) in [5, 5.41) is 2.62. The molecule has 0 aliphatic heterocycles. The van der Waals surface area contributed by atoms with Crippen molar-refractivity contribution in [3.8, 4) is 5.75 Å². The first-order valence-corrected chi connectivity index (χ1v) is 8.46. The SMILES string of the molecule is CCCNS(=O)(=O)c1ccc(OCC(=O)NCCOC)cc1. The number of ether oxygens (including phenoxy) is 2. The lowest BCUT2D eigenvalue weighted by Crippen LogP contribution is -2.31. The molecule has 2 N–H and O–H groups in total. The number of hydrogen-bond acceptors (Lipinski definition) is 5. The van der Waals surface area contributed by atoms with Gasteiger partial charge in [0.2, 0.25) is 10.0 Å². The van der Waals surface area contributed by atoms with Crippen LogP contribution in [0.2, 0.25) is 0 Å². The first-order chi connectivity index (χ1) is 10.5. The van der Waals surface area contributed by atoms with Gasteiger partial charge in [0.25, 0.3) is 5.91 Å². The molecule has 0 bridgehead atoms. The van der Waals surface area contributed by atoms with Crippen molar-refractivity contribution in [1.82, 2.24) is 10.0 Å². The second kappa shape index (κ2) is 9.39. The van der Waals surface area contributed by atoms with Gasteiger partial charge in [-0.2, -0.15) is 0 Å². The number of methoxy groups -OCH3 is 1. The first-order valence-electron chi connectivity index (χ1n) is 6.97. The van der Waals surface area contributed by atoms with Crippen molar-refractivity contribution in [2.24, 2.45) is 0 Å². The fourth-order valence-electron chi connectivity index (χ4n) is 1.53. The number of benzene rings is 1. The minimum atomic E-state index is -3.48. The predicted molar refractivity (Wildman–Crippen MR) is 82.3 cm³/mol. The van der Waals surface area contributed by atoms with E-state index >= 15 is 0 Å². The summed E-state index contributed by atoms with van der Waals surface area (Å²) in [5.41, 5.74) is 0. The van der Waals surface area contributed by atoms with Gasteiger partial charge in [-0.05, 0) is 30.7 Å². The summed E-state index contributed by atoms with van der Waals surface area (Å²) in [4.78, 5) is 11.6. The molecule has 124 valence electrons. The molecular weight excluding hydrogens is 308 g/mol. The summed E-state index contributed by atoms with van der Waals surface area (Å²) in [6.07, 6.45) is 0.721. The monoisotopic (exact) mass is 330 g/mol. The van der Waals surface area contributed by atoms with Gasteiger partial charge in [-0.3, -0.25) is 4.79 Å². The van der Waals surface area contributed by atoms with Crippen LogP contribution in [0.3, 0.4) is 0 Å². The summed E-state index contributed by atoms with van der Waals surface area (Å²) < 4.78 is 36.3. The fourth-order valence-corrected chi connectivity index (χ4v) is 2.66. The Hall–Kier alpha value is -1.64. The topological polar surface area (TPSA) is 93.7 Å². The highest BCUT2D eigenvalue weighted by molar-refractivity contribution is 7.89. The summed E-state index contributed by atoms with van der Waals surface area (Å²) in [5.74, 6) is 0.162. The molecule has 1 amide bonds. The van der Waals surface area contributed by atoms with Gasteiger partial charge in [0.1, 0.15) is 5.75 Å². The molecule has 1 aromatic rings. The highest BCUT2D eigenvalue weighted by Gasteiger charge is 2.12. The highest BCUT2D eigenvalue weighted by Crippen LogP contribution is 2.15. The number of carbonyl (C=O) groups excluding carboxylic acids is 1. The fraction of sp³-hybridized carbons (Fsp3) is 0.500. The van der Waals surface area contributed by atoms with Crippen LogP contribution >= 0.6 is 0 Å². The number of sulfonamides is 1. The number of hydrogen-bond donors (Lipinski definition) is 2. The Morgan fingerprint density at radius 3 is 2.45 bits per heavy atom. The Labute approximate surface area is 131 Å². The molecule has 1 aromatic carbocycles. The van der Waals surface area contributed by atoms with Crippen LogP contribution in [0, 0.1) is 0 Å². The molecule has 7 nitrogen and oxygen atoms in total. The molecule has 0 aromatic heterocycles. The minimum Gasteiger partial charge on any atom is -0.484 e. The van der Waals surface area contributed by atoms with Crippen molar-refractivity contribution in [2.45, 2.75) is 18.2 Å². The van der Waals surface area contributed by atoms with Gasteiger partial charge in [-0.15, -0.1) is 0 Å². The van der Waals surface area contributed by atoms with E-state index in [0.29, 0.717) is 25.4 Å². The zero-order chi connectivity index (χ0) is 16.4. The molecule has 1 rings (SSSR count). The molecule has 0 fully saturated rings. The van der Waals surface area contributed by atoms with Crippen LogP contribution in [0.4, 0.5) is 0 Å². The van der Waals surface area contributed by atoms with E-state index in [1.807, 2.05) is 6.92 Å². The van der Waals surface area contributed by atoms with E-state index in [1.165, 1.54) is 24.3 Å². The Bertz CT molecular complexity index is 557. The molecule has 0 saturated heterocycles. The normalized spacial score (nSPS) is 11.2. The number of carbonyl (C=O) groups is 1. The molecule has 0 unspecified atom stereocenters. The van der Waals surface area contributed by atoms with Crippen LogP contribution < -0.4 is 14.8 Å². The quantitative estimate of drug-likeness (QED) is 0.610. The molecule has 0 atom stereocenters. The van der Waals surface area contributed by atoms with Crippen molar-refractivity contribution in [3.05, 3.63) is 24.3 Å². The van der Waals surface area contributed by atoms with Crippen LogP contribution in [-0.4, -0.2) is 47.7 Å². The van der Waals surface area contributed by atoms with Crippen molar-refractivity contribution in [1.29, 1.82) is 0 Å². The Morgan fingerprint density at radius 2 is 1.86 bits per heavy atom. The van der Waals surface area contributed by atoms with Gasteiger partial charge in [0.15, 0.2) is 6.61 Å². The summed E-state index contributed by atoms with van der Waals surface area (Å²) in [6, 6.07) is 5.91. The van der Waals surface area contributed by atoms with E-state index in [0.717, 1.165) is 6.42 Å². The largest absolute Gasteiger partial charge is 0.484 e. The van der Waals surface area contributed by atoms with Gasteiger partial charge in [0, 0.05) is 20.2 Å². The van der Waals surface area contributed by atoms with Crippen LogP contribution in [-0.2, 0) is 19.6 Å². The standard InChI is InChI=1S/C14H22N2O5S/c1-3-8-16-22(18,19)13-6-4-12(5-7-13)21-11-14(17)15-9-10-20-2/h4-7,16H,3,8-11H2,1-2H3,(H,15,17). The van der Waals surface area contributed by atoms with Gasteiger partial charge < -0.3 is 14.8 Å². The van der Waals surface area contributed by atoms with Crippen molar-refractivity contribution < 1.29 is 22.7 Å². The van der Waals surface area contributed by atoms with E-state index in [9.17, 15) is 13.2 Å². The third kappa shape index (κ3) is 6.42. The minimum absolute atomic E-state index is 0.135. The average Bonchev–Trinajstić information content (AvgIpc) is 2.52. The number of amides is 1. The molecule has 0 saturated carbocycles. The maximum atomic E-state index is 11.9. The van der Waals surface area contributed by atoms with E-state index in [1.54, 1.807) is 7.11 Å². The third-order valence-electron chi connectivity index (χ3n) is 2.67. The molecule has 0 aliphatic rings. The first kappa shape index (κ1) is 18.4. The predicted octanol–water partition coefficient (Wildman–Crippen LogP) is 0.516. The lowest BCUT2D eigenvalue weighted by atomic mass is 10.3. The second-order valence-corrected chi connectivity index (χ2v) is 6.27. The zero-order valence-corrected chi connectivity index (χ0v) is 13.6. The molecular formula is C14H22N2O5S. The third-order valence-corrected chi connectivity index (χ3v) is 4.15. The average molecular weight is 330 g/mol. The second-order valence-electron chi connectivity index (χ2n) is 4.50. The van der Waals surface area contributed by atoms with E-state index in [-0.39, 0.29) is 17.4 Å². The van der Waals surface area contributed by atoms with Gasteiger partial charge in [-0.1, -0.05) is 6.92 Å². The molecule has 8 heteroatoms. The van der Waals surface area contributed by atoms with E-state index < -0.39 is 10.0 Å². The molecule has 22 heavy (non-hydrogen) atoms. The Morgan fingerprint density at radius 1 is 1.18 bits per heavy atom. The molecule has 0 radical (unpaired) electrons. The van der Waals surface area contributed by atoms with Crippen LogP contribution in [0.5, 0.6) is 5.75 Å². The van der Waals surface area contributed by atoms with Gasteiger partial charge in [0.05, 0.1) is 11.5 Å². The van der Waals surface area contributed by atoms with Gasteiger partial charge in [-0.25, -0.2) is 13.1 Å². The molecule has 0 aliphatic carbocycles. The Balaban J connectivity index is 2.50. The maximum Gasteiger partial charge on any atom is 0.258 e. The van der Waals surface area contributed by atoms with Crippen molar-refractivity contribution >= 4 is 15.9 Å². The smallest absolute Gasteiger partial charge is 0.258 e. The van der Waals surface area contributed by atoms with Crippen molar-refractivity contribution in [3.63, 3.8) is 0 Å². The number of rotatable bonds is 10. The zero-order valence-electron chi connectivity index (χ0n) is 12.8. The van der Waals surface area contributed by atoms with Crippen LogP contribution in [0.25, 0.3) is 0 Å². The molecule has 0 heterocycles. The van der Waals surface area contributed by atoms with E-state index in [2.05, 4.69) is 10.0 Å². The summed E-state index contributed by atoms with van der Waals surface area (Å²) in [7, 11) is -1.93. The molecule has 0 spiro atoms. The summed E-state index contributed by atoms with van der Waals surface area (Å²) >= 11 is 0. The maximum absolute atomic E-state index is 11.9. The highest BCUT2D eigenvalue weighted by atomic mass is 32.2.